The van der Waals surface area contributed by atoms with E-state index in [1.54, 1.807) is 25.1 Å². The van der Waals surface area contributed by atoms with Gasteiger partial charge in [-0.3, -0.25) is 0 Å². The first-order chi connectivity index (χ1) is 10.0. The molecule has 0 aliphatic heterocycles. The molecule has 3 N–H and O–H groups in total. The number of nitrogens with one attached hydrogen (secondary N) is 1. The van der Waals surface area contributed by atoms with Crippen LogP contribution in [0.2, 0.25) is 0 Å². The third kappa shape index (κ3) is 3.77. The number of hydrogen-bond donors (Lipinski definition) is 2. The van der Waals surface area contributed by atoms with E-state index < -0.39 is 5.97 Å². The second-order valence-corrected chi connectivity index (χ2v) is 5.96. The molecule has 21 heavy (non-hydrogen) atoms. The van der Waals surface area contributed by atoms with Gasteiger partial charge in [0.15, 0.2) is 0 Å². The molecule has 4 nitrogen and oxygen atoms in total. The monoisotopic (exact) mass is 412 g/mol. The second kappa shape index (κ2) is 6.95. The summed E-state index contributed by atoms with van der Waals surface area (Å²) in [6.45, 7) is 2.08. The maximum Gasteiger partial charge on any atom is 0.340 e. The van der Waals surface area contributed by atoms with Gasteiger partial charge in [0.05, 0.1) is 23.5 Å². The number of benzene rings is 2. The molecule has 2 aromatic rings. The number of para-hydroxylation sites is 1. The van der Waals surface area contributed by atoms with E-state index in [0.29, 0.717) is 23.5 Å². The molecular weight excluding hydrogens is 400 g/mol. The molecule has 0 aliphatic carbocycles. The van der Waals surface area contributed by atoms with Crippen molar-refractivity contribution in [2.24, 2.45) is 0 Å². The number of rotatable bonds is 4. The first-order valence-corrected chi connectivity index (χ1v) is 7.89. The zero-order chi connectivity index (χ0) is 15.4. The van der Waals surface area contributed by atoms with E-state index in [1.807, 2.05) is 18.2 Å². The lowest BCUT2D eigenvalue weighted by atomic mass is 10.1. The standard InChI is InChI=1S/C15H14Br2N2O2/c1-2-21-15(20)10-8-9(18)6-7-13(10)19-14-11(16)4-3-5-12(14)17/h3-8,19H,2,18H2,1H3. The van der Waals surface area contributed by atoms with Crippen molar-refractivity contribution >= 4 is 54.9 Å². The van der Waals surface area contributed by atoms with Crippen molar-refractivity contribution < 1.29 is 9.53 Å². The van der Waals surface area contributed by atoms with Gasteiger partial charge in [0.25, 0.3) is 0 Å². The molecule has 6 heteroatoms. The van der Waals surface area contributed by atoms with Crippen LogP contribution < -0.4 is 11.1 Å². The van der Waals surface area contributed by atoms with E-state index in [1.165, 1.54) is 0 Å². The molecular formula is C15H14Br2N2O2. The molecule has 0 heterocycles. The Balaban J connectivity index is 2.42. The molecule has 110 valence electrons. The van der Waals surface area contributed by atoms with Gasteiger partial charge in [0.1, 0.15) is 0 Å². The molecule has 0 spiro atoms. The summed E-state index contributed by atoms with van der Waals surface area (Å²) in [4.78, 5) is 12.0. The van der Waals surface area contributed by atoms with Crippen LogP contribution in [0.1, 0.15) is 17.3 Å². The third-order valence-electron chi connectivity index (χ3n) is 2.76. The Kier molecular flexibility index (Phi) is 5.25. The van der Waals surface area contributed by atoms with Gasteiger partial charge < -0.3 is 15.8 Å². The van der Waals surface area contributed by atoms with Gasteiger partial charge in [-0.2, -0.15) is 0 Å². The summed E-state index contributed by atoms with van der Waals surface area (Å²) in [5.74, 6) is -0.407. The lowest BCUT2D eigenvalue weighted by Crippen LogP contribution is -2.09. The van der Waals surface area contributed by atoms with E-state index in [9.17, 15) is 4.79 Å². The molecule has 2 rings (SSSR count). The summed E-state index contributed by atoms with van der Waals surface area (Å²) >= 11 is 6.96. The van der Waals surface area contributed by atoms with Gasteiger partial charge >= 0.3 is 5.97 Å². The fourth-order valence-corrected chi connectivity index (χ4v) is 3.00. The molecule has 0 amide bonds. The van der Waals surface area contributed by atoms with Crippen molar-refractivity contribution in [3.8, 4) is 0 Å². The van der Waals surface area contributed by atoms with Crippen LogP contribution in [0.4, 0.5) is 17.1 Å². The summed E-state index contributed by atoms with van der Waals surface area (Å²) in [7, 11) is 0. The van der Waals surface area contributed by atoms with Crippen LogP contribution in [0.25, 0.3) is 0 Å². The van der Waals surface area contributed by atoms with Crippen molar-refractivity contribution in [3.63, 3.8) is 0 Å². The Morgan fingerprint density at radius 1 is 1.24 bits per heavy atom. The average Bonchev–Trinajstić information content (AvgIpc) is 2.44. The highest BCUT2D eigenvalue weighted by Gasteiger charge is 2.15. The fraction of sp³-hybridized carbons (Fsp3) is 0.133. The zero-order valence-electron chi connectivity index (χ0n) is 11.3. The number of carbonyl (C=O) groups is 1. The molecule has 0 atom stereocenters. The number of esters is 1. The maximum absolute atomic E-state index is 12.0. The highest BCUT2D eigenvalue weighted by molar-refractivity contribution is 9.11. The number of halogens is 2. The van der Waals surface area contributed by atoms with Gasteiger partial charge in [0.2, 0.25) is 0 Å². The average molecular weight is 414 g/mol. The first kappa shape index (κ1) is 15.9. The van der Waals surface area contributed by atoms with Crippen molar-refractivity contribution in [3.05, 3.63) is 50.9 Å². The molecule has 0 saturated heterocycles. The van der Waals surface area contributed by atoms with Gasteiger partial charge in [-0.1, -0.05) is 6.07 Å². The number of carbonyl (C=O) groups excluding carboxylic acids is 1. The fourth-order valence-electron chi connectivity index (χ4n) is 1.80. The highest BCUT2D eigenvalue weighted by atomic mass is 79.9. The first-order valence-electron chi connectivity index (χ1n) is 6.30. The Labute approximate surface area is 139 Å². The van der Waals surface area contributed by atoms with Crippen LogP contribution in [0.5, 0.6) is 0 Å². The molecule has 0 saturated carbocycles. The van der Waals surface area contributed by atoms with Gasteiger partial charge in [-0.25, -0.2) is 4.79 Å². The van der Waals surface area contributed by atoms with Crippen LogP contribution in [-0.4, -0.2) is 12.6 Å². The normalized spacial score (nSPS) is 10.2. The summed E-state index contributed by atoms with van der Waals surface area (Å²) < 4.78 is 6.82. The van der Waals surface area contributed by atoms with Gasteiger partial charge in [-0.15, -0.1) is 0 Å². The smallest absolute Gasteiger partial charge is 0.340 e. The van der Waals surface area contributed by atoms with Crippen molar-refractivity contribution in [1.29, 1.82) is 0 Å². The van der Waals surface area contributed by atoms with Crippen LogP contribution in [0.15, 0.2) is 45.3 Å². The largest absolute Gasteiger partial charge is 0.462 e. The minimum atomic E-state index is -0.407. The van der Waals surface area contributed by atoms with E-state index >= 15 is 0 Å². The van der Waals surface area contributed by atoms with Crippen molar-refractivity contribution in [2.45, 2.75) is 6.92 Å². The van der Waals surface area contributed by atoms with Crippen LogP contribution in [-0.2, 0) is 4.74 Å². The lowest BCUT2D eigenvalue weighted by Gasteiger charge is -2.14. The molecule has 2 aromatic carbocycles. The minimum Gasteiger partial charge on any atom is -0.462 e. The van der Waals surface area contributed by atoms with E-state index in [-0.39, 0.29) is 0 Å². The van der Waals surface area contributed by atoms with Crippen LogP contribution in [0, 0.1) is 0 Å². The number of anilines is 3. The topological polar surface area (TPSA) is 64.3 Å². The molecule has 0 aromatic heterocycles. The minimum absolute atomic E-state index is 0.311. The molecule has 0 bridgehead atoms. The Morgan fingerprint density at radius 3 is 2.52 bits per heavy atom. The Bertz CT molecular complexity index is 654. The molecule has 0 aliphatic rings. The number of nitrogen functional groups attached to an aromatic ring is 1. The lowest BCUT2D eigenvalue weighted by molar-refractivity contribution is 0.0527. The summed E-state index contributed by atoms with van der Waals surface area (Å²) in [5.41, 5.74) is 8.13. The number of ether oxygens (including phenoxy) is 1. The molecule has 0 radical (unpaired) electrons. The Hall–Kier alpha value is -1.53. The predicted octanol–water partition coefficient (Wildman–Crippen LogP) is 4.71. The van der Waals surface area contributed by atoms with E-state index in [4.69, 9.17) is 10.5 Å². The SMILES string of the molecule is CCOC(=O)c1cc(N)ccc1Nc1c(Br)cccc1Br. The van der Waals surface area contributed by atoms with Gasteiger partial charge in [-0.05, 0) is 69.1 Å². The third-order valence-corrected chi connectivity index (χ3v) is 4.08. The summed E-state index contributed by atoms with van der Waals surface area (Å²) in [6.07, 6.45) is 0. The van der Waals surface area contributed by atoms with E-state index in [0.717, 1.165) is 14.6 Å². The quantitative estimate of drug-likeness (QED) is 0.562. The molecule has 0 fully saturated rings. The van der Waals surface area contributed by atoms with Crippen LogP contribution >= 0.6 is 31.9 Å². The zero-order valence-corrected chi connectivity index (χ0v) is 14.5. The highest BCUT2D eigenvalue weighted by Crippen LogP contribution is 2.34. The Morgan fingerprint density at radius 2 is 1.90 bits per heavy atom. The second-order valence-electron chi connectivity index (χ2n) is 4.25. The number of hydrogen-bond acceptors (Lipinski definition) is 4. The summed E-state index contributed by atoms with van der Waals surface area (Å²) in [6, 6.07) is 10.8. The van der Waals surface area contributed by atoms with Crippen molar-refractivity contribution in [1.82, 2.24) is 0 Å². The van der Waals surface area contributed by atoms with Gasteiger partial charge in [0, 0.05) is 14.6 Å². The maximum atomic E-state index is 12.0. The van der Waals surface area contributed by atoms with Crippen molar-refractivity contribution in [2.75, 3.05) is 17.7 Å². The summed E-state index contributed by atoms with van der Waals surface area (Å²) in [5, 5.41) is 3.23. The van der Waals surface area contributed by atoms with E-state index in [2.05, 4.69) is 37.2 Å². The molecule has 0 unspecified atom stereocenters. The van der Waals surface area contributed by atoms with Crippen LogP contribution in [0.3, 0.4) is 0 Å². The number of nitrogens with two attached hydrogens (primary N) is 1. The predicted molar refractivity (Wildman–Crippen MR) is 91.9 cm³/mol.